The van der Waals surface area contributed by atoms with Gasteiger partial charge in [0.05, 0.1) is 11.9 Å². The summed E-state index contributed by atoms with van der Waals surface area (Å²) in [6.07, 6.45) is 6.22. The van der Waals surface area contributed by atoms with Crippen LogP contribution >= 0.6 is 0 Å². The van der Waals surface area contributed by atoms with Crippen molar-refractivity contribution < 1.29 is 4.74 Å². The molecule has 0 spiro atoms. The summed E-state index contributed by atoms with van der Waals surface area (Å²) in [5.41, 5.74) is 1.40. The fraction of sp³-hybridized carbons (Fsp3) is 0.769. The van der Waals surface area contributed by atoms with Gasteiger partial charge in [0.25, 0.3) is 0 Å². The molecule has 0 saturated carbocycles. The monoisotopic (exact) mass is 235 g/mol. The van der Waals surface area contributed by atoms with Crippen LogP contribution in [0.5, 0.6) is 0 Å². The third-order valence-corrected chi connectivity index (χ3v) is 3.96. The summed E-state index contributed by atoms with van der Waals surface area (Å²) in [6, 6.07) is 0.553. The number of ether oxygens (including phenoxy) is 1. The van der Waals surface area contributed by atoms with E-state index < -0.39 is 0 Å². The van der Waals surface area contributed by atoms with Crippen LogP contribution in [0.3, 0.4) is 0 Å². The lowest BCUT2D eigenvalue weighted by atomic mass is 9.92. The molecule has 1 atom stereocenters. The Bertz CT molecular complexity index is 395. The molecule has 4 heteroatoms. The molecule has 4 nitrogen and oxygen atoms in total. The van der Waals surface area contributed by atoms with E-state index in [1.807, 2.05) is 12.5 Å². The molecule has 1 aromatic rings. The molecule has 0 amide bonds. The van der Waals surface area contributed by atoms with Gasteiger partial charge in [-0.2, -0.15) is 0 Å². The first-order valence-corrected chi connectivity index (χ1v) is 6.52. The molecule has 1 unspecified atom stereocenters. The van der Waals surface area contributed by atoms with Crippen LogP contribution in [0.2, 0.25) is 0 Å². The predicted molar refractivity (Wildman–Crippen MR) is 66.1 cm³/mol. The highest BCUT2D eigenvalue weighted by Gasteiger charge is 2.32. The van der Waals surface area contributed by atoms with E-state index in [2.05, 4.69) is 28.7 Å². The maximum absolute atomic E-state index is 5.79. The van der Waals surface area contributed by atoms with Gasteiger partial charge in [0.15, 0.2) is 0 Å². The third-order valence-electron chi connectivity index (χ3n) is 3.96. The molecule has 0 bridgehead atoms. The van der Waals surface area contributed by atoms with E-state index in [4.69, 9.17) is 4.74 Å². The molecule has 1 N–H and O–H groups in total. The van der Waals surface area contributed by atoms with E-state index in [1.54, 1.807) is 0 Å². The second-order valence-electron chi connectivity index (χ2n) is 5.84. The van der Waals surface area contributed by atoms with Gasteiger partial charge in [-0.3, -0.25) is 0 Å². The molecule has 1 aromatic heterocycles. The van der Waals surface area contributed by atoms with Gasteiger partial charge in [0.2, 0.25) is 0 Å². The molecule has 2 fully saturated rings. The van der Waals surface area contributed by atoms with Crippen LogP contribution in [0, 0.1) is 0 Å². The molecule has 2 aliphatic heterocycles. The summed E-state index contributed by atoms with van der Waals surface area (Å²) in [5.74, 6) is 0.656. The summed E-state index contributed by atoms with van der Waals surface area (Å²) in [7, 11) is 0. The van der Waals surface area contributed by atoms with Crippen molar-refractivity contribution in [2.24, 2.45) is 0 Å². The number of rotatable bonds is 2. The minimum Gasteiger partial charge on any atom is -0.375 e. The third kappa shape index (κ3) is 2.11. The Morgan fingerprint density at radius 3 is 2.94 bits per heavy atom. The van der Waals surface area contributed by atoms with Crippen LogP contribution in [0.25, 0.3) is 0 Å². The lowest BCUT2D eigenvalue weighted by Gasteiger charge is -2.38. The van der Waals surface area contributed by atoms with Crippen LogP contribution in [-0.2, 0) is 4.74 Å². The van der Waals surface area contributed by atoms with Gasteiger partial charge < -0.3 is 14.6 Å². The van der Waals surface area contributed by atoms with E-state index >= 15 is 0 Å². The average molecular weight is 235 g/mol. The molecular weight excluding hydrogens is 214 g/mol. The average Bonchev–Trinajstić information content (AvgIpc) is 2.62. The highest BCUT2D eigenvalue weighted by atomic mass is 16.5. The van der Waals surface area contributed by atoms with Crippen molar-refractivity contribution in [3.05, 3.63) is 18.2 Å². The van der Waals surface area contributed by atoms with Crippen LogP contribution in [0.15, 0.2) is 12.5 Å². The number of imidazole rings is 1. The summed E-state index contributed by atoms with van der Waals surface area (Å²) >= 11 is 0. The van der Waals surface area contributed by atoms with Crippen LogP contribution in [0.1, 0.15) is 44.3 Å². The SMILES string of the molecule is CC1(C)CC(n2cncc2C2CNC2)CCO1. The topological polar surface area (TPSA) is 39.1 Å². The second-order valence-corrected chi connectivity index (χ2v) is 5.84. The molecule has 2 aliphatic rings. The Hall–Kier alpha value is -0.870. The van der Waals surface area contributed by atoms with Crippen molar-refractivity contribution in [1.82, 2.24) is 14.9 Å². The van der Waals surface area contributed by atoms with Gasteiger partial charge >= 0.3 is 0 Å². The minimum absolute atomic E-state index is 0.00230. The normalized spacial score (nSPS) is 28.9. The smallest absolute Gasteiger partial charge is 0.0950 e. The Labute approximate surface area is 102 Å². The largest absolute Gasteiger partial charge is 0.375 e. The van der Waals surface area contributed by atoms with Crippen LogP contribution in [0.4, 0.5) is 0 Å². The van der Waals surface area contributed by atoms with E-state index in [0.29, 0.717) is 12.0 Å². The molecule has 0 aromatic carbocycles. The number of hydrogen-bond acceptors (Lipinski definition) is 3. The Morgan fingerprint density at radius 1 is 1.47 bits per heavy atom. The van der Waals surface area contributed by atoms with Gasteiger partial charge in [-0.25, -0.2) is 4.98 Å². The summed E-state index contributed by atoms with van der Waals surface area (Å²) in [5, 5.41) is 3.33. The van der Waals surface area contributed by atoms with Crippen LogP contribution in [-0.4, -0.2) is 34.8 Å². The highest BCUT2D eigenvalue weighted by molar-refractivity contribution is 5.13. The Balaban J connectivity index is 1.81. The van der Waals surface area contributed by atoms with Crippen molar-refractivity contribution in [3.8, 4) is 0 Å². The number of hydrogen-bond donors (Lipinski definition) is 1. The van der Waals surface area contributed by atoms with Crippen LogP contribution < -0.4 is 5.32 Å². The first-order chi connectivity index (χ1) is 8.16. The van der Waals surface area contributed by atoms with Gasteiger partial charge in [-0.1, -0.05) is 0 Å². The fourth-order valence-electron chi connectivity index (χ4n) is 2.87. The predicted octanol–water partition coefficient (Wildman–Crippen LogP) is 1.70. The highest BCUT2D eigenvalue weighted by Crippen LogP contribution is 2.34. The molecule has 94 valence electrons. The molecular formula is C13H21N3O. The molecule has 3 rings (SSSR count). The van der Waals surface area contributed by atoms with E-state index in [0.717, 1.165) is 32.5 Å². The maximum atomic E-state index is 5.79. The summed E-state index contributed by atoms with van der Waals surface area (Å²) in [4.78, 5) is 4.34. The Morgan fingerprint density at radius 2 is 2.29 bits per heavy atom. The molecule has 2 saturated heterocycles. The lowest BCUT2D eigenvalue weighted by Crippen LogP contribution is -2.42. The van der Waals surface area contributed by atoms with Crippen molar-refractivity contribution >= 4 is 0 Å². The zero-order valence-corrected chi connectivity index (χ0v) is 10.6. The second kappa shape index (κ2) is 4.10. The Kier molecular flexibility index (Phi) is 2.71. The zero-order chi connectivity index (χ0) is 11.9. The number of aromatic nitrogens is 2. The molecule has 0 aliphatic carbocycles. The van der Waals surface area contributed by atoms with E-state index in [9.17, 15) is 0 Å². The first kappa shape index (κ1) is 11.2. The van der Waals surface area contributed by atoms with Gasteiger partial charge in [0, 0.05) is 43.5 Å². The van der Waals surface area contributed by atoms with Gasteiger partial charge in [-0.15, -0.1) is 0 Å². The molecule has 17 heavy (non-hydrogen) atoms. The van der Waals surface area contributed by atoms with Gasteiger partial charge in [0.1, 0.15) is 0 Å². The number of nitrogens with zero attached hydrogens (tertiary/aromatic N) is 2. The standard InChI is InChI=1S/C13H21N3O/c1-13(2)5-11(3-4-17-13)16-9-15-8-12(16)10-6-14-7-10/h8-11,14H,3-7H2,1-2H3. The van der Waals surface area contributed by atoms with E-state index in [1.165, 1.54) is 5.69 Å². The van der Waals surface area contributed by atoms with Crippen molar-refractivity contribution in [2.45, 2.75) is 44.2 Å². The molecule has 3 heterocycles. The zero-order valence-electron chi connectivity index (χ0n) is 10.6. The quantitative estimate of drug-likeness (QED) is 0.848. The van der Waals surface area contributed by atoms with E-state index in [-0.39, 0.29) is 5.60 Å². The van der Waals surface area contributed by atoms with Gasteiger partial charge in [-0.05, 0) is 26.7 Å². The summed E-state index contributed by atoms with van der Waals surface area (Å²) < 4.78 is 8.17. The minimum atomic E-state index is 0.00230. The van der Waals surface area contributed by atoms with Crippen molar-refractivity contribution in [2.75, 3.05) is 19.7 Å². The van der Waals surface area contributed by atoms with Crippen molar-refractivity contribution in [1.29, 1.82) is 0 Å². The first-order valence-electron chi connectivity index (χ1n) is 6.52. The number of nitrogens with one attached hydrogen (secondary N) is 1. The fourth-order valence-corrected chi connectivity index (χ4v) is 2.87. The molecule has 0 radical (unpaired) electrons. The maximum Gasteiger partial charge on any atom is 0.0950 e. The lowest BCUT2D eigenvalue weighted by molar-refractivity contribution is -0.0695. The summed E-state index contributed by atoms with van der Waals surface area (Å²) in [6.45, 7) is 7.41. The van der Waals surface area contributed by atoms with Crippen molar-refractivity contribution in [3.63, 3.8) is 0 Å².